The molecule has 0 aliphatic carbocycles. The van der Waals surface area contributed by atoms with Gasteiger partial charge >= 0.3 is 6.09 Å². The van der Waals surface area contributed by atoms with Gasteiger partial charge in [-0.3, -0.25) is 0 Å². The van der Waals surface area contributed by atoms with Crippen LogP contribution in [0.15, 0.2) is 0 Å². The van der Waals surface area contributed by atoms with Gasteiger partial charge in [0.15, 0.2) is 0 Å². The van der Waals surface area contributed by atoms with Gasteiger partial charge in [0.05, 0.1) is 6.10 Å². The Morgan fingerprint density at radius 2 is 2.08 bits per heavy atom. The highest BCUT2D eigenvalue weighted by molar-refractivity contribution is 5.67. The normalized spacial score (nSPS) is 12.8. The molecule has 0 aromatic carbocycles. The molecule has 0 rings (SSSR count). The van der Waals surface area contributed by atoms with Crippen LogP contribution in [0.4, 0.5) is 4.79 Å². The van der Waals surface area contributed by atoms with E-state index in [1.807, 2.05) is 6.92 Å². The lowest BCUT2D eigenvalue weighted by Gasteiger charge is -2.14. The number of aliphatic hydroxyl groups is 1. The maximum atomic E-state index is 10.9. The van der Waals surface area contributed by atoms with E-state index < -0.39 is 6.09 Å². The Balaban J connectivity index is 3.54. The highest BCUT2D eigenvalue weighted by Gasteiger charge is 2.08. The summed E-state index contributed by atoms with van der Waals surface area (Å²) < 4.78 is 4.84. The number of hydrogen-bond donors (Lipinski definition) is 2. The first-order chi connectivity index (χ1) is 5.56. The molecular formula is C8H17NO3. The van der Waals surface area contributed by atoms with Gasteiger partial charge in [-0.15, -0.1) is 0 Å². The van der Waals surface area contributed by atoms with Crippen LogP contribution >= 0.6 is 0 Å². The maximum absolute atomic E-state index is 10.9. The van der Waals surface area contributed by atoms with Gasteiger partial charge in [-0.1, -0.05) is 0 Å². The van der Waals surface area contributed by atoms with E-state index in [2.05, 4.69) is 5.32 Å². The number of alkyl carbamates (subject to hydrolysis) is 1. The van der Waals surface area contributed by atoms with Crippen molar-refractivity contribution < 1.29 is 14.6 Å². The summed E-state index contributed by atoms with van der Waals surface area (Å²) in [4.78, 5) is 10.9. The van der Waals surface area contributed by atoms with Crippen molar-refractivity contribution in [1.29, 1.82) is 0 Å². The minimum absolute atomic E-state index is 0.0405. The number of aliphatic hydroxyl groups excluding tert-OH is 1. The highest BCUT2D eigenvalue weighted by Crippen LogP contribution is 1.92. The molecule has 0 fully saturated rings. The summed E-state index contributed by atoms with van der Waals surface area (Å²) in [5, 5.41) is 11.1. The summed E-state index contributed by atoms with van der Waals surface area (Å²) in [5.74, 6) is 0. The van der Waals surface area contributed by atoms with E-state index in [-0.39, 0.29) is 18.8 Å². The quantitative estimate of drug-likeness (QED) is 0.667. The average molecular weight is 175 g/mol. The molecule has 0 aromatic rings. The Morgan fingerprint density at radius 1 is 1.50 bits per heavy atom. The third-order valence-electron chi connectivity index (χ3n) is 1.27. The van der Waals surface area contributed by atoms with Gasteiger partial charge in [-0.25, -0.2) is 4.79 Å². The summed E-state index contributed by atoms with van der Waals surface area (Å²) in [5.41, 5.74) is 0. The zero-order chi connectivity index (χ0) is 9.56. The predicted molar refractivity (Wildman–Crippen MR) is 45.9 cm³/mol. The predicted octanol–water partition coefficient (Wildman–Crippen LogP) is 0.892. The lowest BCUT2D eigenvalue weighted by Crippen LogP contribution is -2.34. The van der Waals surface area contributed by atoms with Gasteiger partial charge in [-0.2, -0.15) is 0 Å². The Labute approximate surface area is 72.9 Å². The van der Waals surface area contributed by atoms with Gasteiger partial charge in [0.2, 0.25) is 0 Å². The molecule has 0 heterocycles. The number of ether oxygens (including phenoxy) is 1. The molecule has 0 saturated heterocycles. The topological polar surface area (TPSA) is 58.6 Å². The van der Waals surface area contributed by atoms with Crippen LogP contribution in [0.25, 0.3) is 0 Å². The third kappa shape index (κ3) is 5.97. The van der Waals surface area contributed by atoms with Gasteiger partial charge < -0.3 is 15.2 Å². The van der Waals surface area contributed by atoms with Crippen molar-refractivity contribution in [1.82, 2.24) is 5.32 Å². The number of amides is 1. The molecule has 0 aliphatic rings. The van der Waals surface area contributed by atoms with Crippen LogP contribution in [-0.4, -0.2) is 30.0 Å². The van der Waals surface area contributed by atoms with Crippen molar-refractivity contribution in [2.75, 3.05) is 6.61 Å². The fourth-order valence-electron chi connectivity index (χ4n) is 0.715. The van der Waals surface area contributed by atoms with E-state index in [1.54, 1.807) is 13.8 Å². The van der Waals surface area contributed by atoms with E-state index in [1.165, 1.54) is 0 Å². The molecule has 1 atom stereocenters. The summed E-state index contributed by atoms with van der Waals surface area (Å²) in [6.45, 7) is 5.47. The molecule has 4 heteroatoms. The van der Waals surface area contributed by atoms with E-state index >= 15 is 0 Å². The average Bonchev–Trinajstić information content (AvgIpc) is 1.84. The van der Waals surface area contributed by atoms with Gasteiger partial charge in [0, 0.05) is 12.6 Å². The van der Waals surface area contributed by atoms with E-state index in [4.69, 9.17) is 9.84 Å². The molecule has 1 unspecified atom stereocenters. The van der Waals surface area contributed by atoms with E-state index in [0.717, 1.165) is 0 Å². The molecule has 2 N–H and O–H groups in total. The van der Waals surface area contributed by atoms with E-state index in [9.17, 15) is 4.79 Å². The molecule has 0 saturated carbocycles. The Hall–Kier alpha value is -0.770. The van der Waals surface area contributed by atoms with Crippen LogP contribution in [0, 0.1) is 0 Å². The number of rotatable bonds is 4. The molecule has 0 radical (unpaired) electrons. The molecule has 1 amide bonds. The Morgan fingerprint density at radius 3 is 2.50 bits per heavy atom. The largest absolute Gasteiger partial charge is 0.447 e. The summed E-state index contributed by atoms with van der Waals surface area (Å²) >= 11 is 0. The summed E-state index contributed by atoms with van der Waals surface area (Å²) in [7, 11) is 0. The maximum Gasteiger partial charge on any atom is 0.407 e. The van der Waals surface area contributed by atoms with Crippen LogP contribution < -0.4 is 5.32 Å². The van der Waals surface area contributed by atoms with Crippen molar-refractivity contribution in [3.8, 4) is 0 Å². The monoisotopic (exact) mass is 175 g/mol. The van der Waals surface area contributed by atoms with Crippen molar-refractivity contribution in [2.45, 2.75) is 39.3 Å². The lowest BCUT2D eigenvalue weighted by atomic mass is 10.2. The SMILES string of the molecule is CC(CCO)NC(=O)OC(C)C. The molecule has 12 heavy (non-hydrogen) atoms. The number of hydrogen-bond acceptors (Lipinski definition) is 3. The molecule has 0 spiro atoms. The zero-order valence-electron chi connectivity index (χ0n) is 7.83. The molecule has 0 bridgehead atoms. The summed E-state index contributed by atoms with van der Waals surface area (Å²) in [6, 6.07) is -0.0405. The fourth-order valence-corrected chi connectivity index (χ4v) is 0.715. The number of nitrogens with one attached hydrogen (secondary N) is 1. The van der Waals surface area contributed by atoms with Crippen LogP contribution in [0.2, 0.25) is 0 Å². The summed E-state index contributed by atoms with van der Waals surface area (Å²) in [6.07, 6.45) is 0.0185. The molecule has 0 aromatic heterocycles. The fraction of sp³-hybridized carbons (Fsp3) is 0.875. The smallest absolute Gasteiger partial charge is 0.407 e. The van der Waals surface area contributed by atoms with Gasteiger partial charge in [-0.05, 0) is 27.2 Å². The molecule has 72 valence electrons. The number of carbonyl (C=O) groups excluding carboxylic acids is 1. The molecule has 4 nitrogen and oxygen atoms in total. The highest BCUT2D eigenvalue weighted by atomic mass is 16.6. The van der Waals surface area contributed by atoms with Crippen LogP contribution in [-0.2, 0) is 4.74 Å². The second-order valence-electron chi connectivity index (χ2n) is 3.01. The van der Waals surface area contributed by atoms with Crippen LogP contribution in [0.1, 0.15) is 27.2 Å². The van der Waals surface area contributed by atoms with Crippen molar-refractivity contribution in [3.05, 3.63) is 0 Å². The van der Waals surface area contributed by atoms with Crippen LogP contribution in [0.5, 0.6) is 0 Å². The first-order valence-corrected chi connectivity index (χ1v) is 4.14. The lowest BCUT2D eigenvalue weighted by molar-refractivity contribution is 0.111. The van der Waals surface area contributed by atoms with Gasteiger partial charge in [0.25, 0.3) is 0 Å². The molecule has 0 aliphatic heterocycles. The van der Waals surface area contributed by atoms with Gasteiger partial charge in [0.1, 0.15) is 0 Å². The minimum Gasteiger partial charge on any atom is -0.447 e. The second-order valence-corrected chi connectivity index (χ2v) is 3.01. The third-order valence-corrected chi connectivity index (χ3v) is 1.27. The zero-order valence-corrected chi connectivity index (χ0v) is 7.83. The first kappa shape index (κ1) is 11.2. The minimum atomic E-state index is -0.425. The number of carbonyl (C=O) groups is 1. The van der Waals surface area contributed by atoms with Crippen molar-refractivity contribution in [3.63, 3.8) is 0 Å². The standard InChI is InChI=1S/C8H17NO3/c1-6(2)12-8(11)9-7(3)4-5-10/h6-7,10H,4-5H2,1-3H3,(H,9,11). The van der Waals surface area contributed by atoms with Crippen molar-refractivity contribution >= 4 is 6.09 Å². The Bertz CT molecular complexity index is 136. The van der Waals surface area contributed by atoms with Crippen molar-refractivity contribution in [2.24, 2.45) is 0 Å². The Kier molecular flexibility index (Phi) is 5.45. The second kappa shape index (κ2) is 5.83. The van der Waals surface area contributed by atoms with Crippen LogP contribution in [0.3, 0.4) is 0 Å². The molecular weight excluding hydrogens is 158 g/mol. The van der Waals surface area contributed by atoms with E-state index in [0.29, 0.717) is 6.42 Å². The first-order valence-electron chi connectivity index (χ1n) is 4.14.